The van der Waals surface area contributed by atoms with Gasteiger partial charge in [0, 0.05) is 11.1 Å². The number of benzene rings is 1. The Morgan fingerprint density at radius 1 is 1.13 bits per heavy atom. The second-order valence-electron chi connectivity index (χ2n) is 4.45. The first kappa shape index (κ1) is 11.0. The first-order valence-electron chi connectivity index (χ1n) is 5.79. The summed E-state index contributed by atoms with van der Waals surface area (Å²) in [7, 11) is 0. The van der Waals surface area contributed by atoms with Crippen LogP contribution in [0, 0.1) is 5.92 Å². The van der Waals surface area contributed by atoms with Crippen molar-refractivity contribution < 1.29 is 0 Å². The zero-order valence-corrected chi connectivity index (χ0v) is 9.71. The Kier molecular flexibility index (Phi) is 3.66. The SMILES string of the molecule is N[C@H](c1ccccc1Cl)C1CCCCC1. The second-order valence-corrected chi connectivity index (χ2v) is 4.85. The van der Waals surface area contributed by atoms with Gasteiger partial charge in [0.2, 0.25) is 0 Å². The summed E-state index contributed by atoms with van der Waals surface area (Å²) in [6.45, 7) is 0. The van der Waals surface area contributed by atoms with Crippen LogP contribution < -0.4 is 5.73 Å². The normalized spacial score (nSPS) is 20.1. The smallest absolute Gasteiger partial charge is 0.0453 e. The maximum Gasteiger partial charge on any atom is 0.0453 e. The van der Waals surface area contributed by atoms with Crippen molar-refractivity contribution in [2.24, 2.45) is 11.7 Å². The quantitative estimate of drug-likeness (QED) is 0.808. The summed E-state index contributed by atoms with van der Waals surface area (Å²) >= 11 is 6.16. The Hall–Kier alpha value is -0.530. The van der Waals surface area contributed by atoms with Crippen molar-refractivity contribution >= 4 is 11.6 Å². The van der Waals surface area contributed by atoms with Gasteiger partial charge in [-0.05, 0) is 30.4 Å². The van der Waals surface area contributed by atoms with Gasteiger partial charge in [-0.25, -0.2) is 0 Å². The topological polar surface area (TPSA) is 26.0 Å². The summed E-state index contributed by atoms with van der Waals surface area (Å²) in [5, 5.41) is 0.815. The van der Waals surface area contributed by atoms with E-state index >= 15 is 0 Å². The molecule has 82 valence electrons. The predicted octanol–water partition coefficient (Wildman–Crippen LogP) is 3.92. The minimum absolute atomic E-state index is 0.124. The molecule has 15 heavy (non-hydrogen) atoms. The molecule has 0 radical (unpaired) electrons. The van der Waals surface area contributed by atoms with Crippen LogP contribution in [0.15, 0.2) is 24.3 Å². The summed E-state index contributed by atoms with van der Waals surface area (Å²) in [4.78, 5) is 0. The molecule has 0 aliphatic heterocycles. The molecule has 1 aromatic rings. The van der Waals surface area contributed by atoms with E-state index in [9.17, 15) is 0 Å². The number of hydrogen-bond acceptors (Lipinski definition) is 1. The Bertz CT molecular complexity index is 318. The maximum absolute atomic E-state index is 6.29. The summed E-state index contributed by atoms with van der Waals surface area (Å²) < 4.78 is 0. The summed E-state index contributed by atoms with van der Waals surface area (Å²) in [5.41, 5.74) is 7.40. The van der Waals surface area contributed by atoms with Crippen molar-refractivity contribution in [3.05, 3.63) is 34.9 Å². The molecule has 0 aromatic heterocycles. The molecule has 1 aliphatic carbocycles. The summed E-state index contributed by atoms with van der Waals surface area (Å²) in [6, 6.07) is 8.09. The van der Waals surface area contributed by atoms with E-state index in [1.54, 1.807) is 0 Å². The zero-order valence-electron chi connectivity index (χ0n) is 8.95. The Morgan fingerprint density at radius 2 is 1.80 bits per heavy atom. The van der Waals surface area contributed by atoms with Crippen LogP contribution in [0.5, 0.6) is 0 Å². The fourth-order valence-corrected chi connectivity index (χ4v) is 2.75. The van der Waals surface area contributed by atoms with Crippen LogP contribution >= 0.6 is 11.6 Å². The van der Waals surface area contributed by atoms with Crippen LogP contribution in [0.25, 0.3) is 0 Å². The van der Waals surface area contributed by atoms with E-state index in [1.807, 2.05) is 18.2 Å². The van der Waals surface area contributed by atoms with Crippen LogP contribution in [0.4, 0.5) is 0 Å². The highest BCUT2D eigenvalue weighted by Gasteiger charge is 2.22. The summed E-state index contributed by atoms with van der Waals surface area (Å²) in [6.07, 6.45) is 6.52. The lowest BCUT2D eigenvalue weighted by molar-refractivity contribution is 0.308. The molecule has 0 heterocycles. The van der Waals surface area contributed by atoms with Crippen molar-refractivity contribution in [3.8, 4) is 0 Å². The molecule has 1 atom stereocenters. The molecule has 0 amide bonds. The molecular formula is C13H18ClN. The molecule has 0 bridgehead atoms. The fraction of sp³-hybridized carbons (Fsp3) is 0.538. The Morgan fingerprint density at radius 3 is 2.47 bits per heavy atom. The zero-order chi connectivity index (χ0) is 10.7. The third-order valence-electron chi connectivity index (χ3n) is 3.42. The second kappa shape index (κ2) is 5.00. The largest absolute Gasteiger partial charge is 0.324 e. The Labute approximate surface area is 96.6 Å². The molecule has 2 heteroatoms. The van der Waals surface area contributed by atoms with Crippen molar-refractivity contribution in [3.63, 3.8) is 0 Å². The highest BCUT2D eigenvalue weighted by Crippen LogP contribution is 2.35. The van der Waals surface area contributed by atoms with Gasteiger partial charge in [-0.3, -0.25) is 0 Å². The fourth-order valence-electron chi connectivity index (χ4n) is 2.49. The molecule has 0 unspecified atom stereocenters. The molecule has 1 aliphatic rings. The van der Waals surface area contributed by atoms with Gasteiger partial charge in [-0.1, -0.05) is 49.1 Å². The monoisotopic (exact) mass is 223 g/mol. The minimum Gasteiger partial charge on any atom is -0.324 e. The van der Waals surface area contributed by atoms with E-state index in [2.05, 4.69) is 6.07 Å². The minimum atomic E-state index is 0.124. The van der Waals surface area contributed by atoms with Gasteiger partial charge < -0.3 is 5.73 Å². The van der Waals surface area contributed by atoms with Gasteiger partial charge in [-0.15, -0.1) is 0 Å². The van der Waals surface area contributed by atoms with E-state index in [1.165, 1.54) is 32.1 Å². The van der Waals surface area contributed by atoms with E-state index in [4.69, 9.17) is 17.3 Å². The van der Waals surface area contributed by atoms with Crippen LogP contribution in [0.1, 0.15) is 43.7 Å². The van der Waals surface area contributed by atoms with Crippen LogP contribution in [-0.4, -0.2) is 0 Å². The van der Waals surface area contributed by atoms with E-state index in [0.29, 0.717) is 5.92 Å². The van der Waals surface area contributed by atoms with Gasteiger partial charge in [0.1, 0.15) is 0 Å². The molecule has 2 rings (SSSR count). The maximum atomic E-state index is 6.29. The standard InChI is InChI=1S/C13H18ClN/c14-12-9-5-4-8-11(12)13(15)10-6-2-1-3-7-10/h4-5,8-10,13H,1-3,6-7,15H2/t13-/m0/s1. The number of rotatable bonds is 2. The first-order valence-corrected chi connectivity index (χ1v) is 6.17. The number of nitrogens with two attached hydrogens (primary N) is 1. The van der Waals surface area contributed by atoms with Crippen molar-refractivity contribution in [2.75, 3.05) is 0 Å². The van der Waals surface area contributed by atoms with E-state index in [0.717, 1.165) is 10.6 Å². The first-order chi connectivity index (χ1) is 7.29. The van der Waals surface area contributed by atoms with Crippen LogP contribution in [-0.2, 0) is 0 Å². The molecule has 1 aromatic carbocycles. The molecule has 1 fully saturated rings. The third-order valence-corrected chi connectivity index (χ3v) is 3.77. The van der Waals surface area contributed by atoms with E-state index in [-0.39, 0.29) is 6.04 Å². The molecule has 1 nitrogen and oxygen atoms in total. The lowest BCUT2D eigenvalue weighted by Gasteiger charge is -2.28. The van der Waals surface area contributed by atoms with Gasteiger partial charge in [0.15, 0.2) is 0 Å². The molecular weight excluding hydrogens is 206 g/mol. The highest BCUT2D eigenvalue weighted by atomic mass is 35.5. The third kappa shape index (κ3) is 2.53. The van der Waals surface area contributed by atoms with Gasteiger partial charge in [-0.2, -0.15) is 0 Å². The van der Waals surface area contributed by atoms with Crippen molar-refractivity contribution in [2.45, 2.75) is 38.1 Å². The van der Waals surface area contributed by atoms with Gasteiger partial charge >= 0.3 is 0 Å². The molecule has 1 saturated carbocycles. The van der Waals surface area contributed by atoms with Crippen LogP contribution in [0.3, 0.4) is 0 Å². The van der Waals surface area contributed by atoms with E-state index < -0.39 is 0 Å². The lowest BCUT2D eigenvalue weighted by atomic mass is 9.81. The predicted molar refractivity (Wildman–Crippen MR) is 65.0 cm³/mol. The van der Waals surface area contributed by atoms with Crippen molar-refractivity contribution in [1.82, 2.24) is 0 Å². The lowest BCUT2D eigenvalue weighted by Crippen LogP contribution is -2.23. The van der Waals surface area contributed by atoms with Crippen molar-refractivity contribution in [1.29, 1.82) is 0 Å². The number of halogens is 1. The molecule has 0 saturated heterocycles. The molecule has 0 spiro atoms. The summed E-state index contributed by atoms with van der Waals surface area (Å²) in [5.74, 6) is 0.624. The van der Waals surface area contributed by atoms with Gasteiger partial charge in [0.05, 0.1) is 0 Å². The number of hydrogen-bond donors (Lipinski definition) is 1. The van der Waals surface area contributed by atoms with Crippen LogP contribution in [0.2, 0.25) is 5.02 Å². The average Bonchev–Trinajstić information content (AvgIpc) is 2.30. The average molecular weight is 224 g/mol. The molecule has 2 N–H and O–H groups in total. The van der Waals surface area contributed by atoms with Gasteiger partial charge in [0.25, 0.3) is 0 Å². The Balaban J connectivity index is 2.12. The highest BCUT2D eigenvalue weighted by molar-refractivity contribution is 6.31.